The maximum Gasteiger partial charge on any atom is 0.231 e. The Balaban J connectivity index is 1.89. The SMILES string of the molecule is CCC1(Cc2cc(OC)c3c(c2)OCO3)CCC(=O)N1. The van der Waals surface area contributed by atoms with Crippen LogP contribution in [-0.2, 0) is 11.2 Å². The molecule has 20 heavy (non-hydrogen) atoms. The molecular formula is C15H19NO4. The molecule has 2 heterocycles. The number of rotatable bonds is 4. The van der Waals surface area contributed by atoms with E-state index in [1.165, 1.54) is 0 Å². The lowest BCUT2D eigenvalue weighted by Crippen LogP contribution is -2.42. The van der Waals surface area contributed by atoms with Crippen molar-refractivity contribution >= 4 is 5.91 Å². The first-order chi connectivity index (χ1) is 9.65. The van der Waals surface area contributed by atoms with E-state index in [4.69, 9.17) is 14.2 Å². The number of fused-ring (bicyclic) bond motifs is 1. The first kappa shape index (κ1) is 13.1. The molecule has 1 atom stereocenters. The van der Waals surface area contributed by atoms with E-state index >= 15 is 0 Å². The van der Waals surface area contributed by atoms with Gasteiger partial charge in [-0.2, -0.15) is 0 Å². The average molecular weight is 277 g/mol. The highest BCUT2D eigenvalue weighted by Crippen LogP contribution is 2.43. The minimum absolute atomic E-state index is 0.138. The topological polar surface area (TPSA) is 56.8 Å². The molecule has 5 nitrogen and oxygen atoms in total. The minimum atomic E-state index is -0.143. The number of nitrogens with one attached hydrogen (secondary N) is 1. The second-order valence-corrected chi connectivity index (χ2v) is 5.39. The van der Waals surface area contributed by atoms with Gasteiger partial charge in [-0.1, -0.05) is 6.92 Å². The molecule has 1 fully saturated rings. The van der Waals surface area contributed by atoms with Crippen molar-refractivity contribution in [2.45, 2.75) is 38.1 Å². The zero-order valence-corrected chi connectivity index (χ0v) is 11.8. The predicted octanol–water partition coefficient (Wildman–Crippen LogP) is 2.03. The standard InChI is InChI=1S/C15H19NO4/c1-3-15(5-4-13(17)16-15)8-10-6-11(18-2)14-12(7-10)19-9-20-14/h6-7H,3-5,8-9H2,1-2H3,(H,16,17). The number of carbonyl (C=O) groups is 1. The highest BCUT2D eigenvalue weighted by Gasteiger charge is 2.36. The molecule has 1 unspecified atom stereocenters. The molecule has 1 N–H and O–H groups in total. The summed E-state index contributed by atoms with van der Waals surface area (Å²) in [5, 5.41) is 3.12. The zero-order chi connectivity index (χ0) is 14.2. The fraction of sp³-hybridized carbons (Fsp3) is 0.533. The predicted molar refractivity (Wildman–Crippen MR) is 73.2 cm³/mol. The summed E-state index contributed by atoms with van der Waals surface area (Å²) in [6.07, 6.45) is 3.17. The first-order valence-corrected chi connectivity index (χ1v) is 6.93. The lowest BCUT2D eigenvalue weighted by molar-refractivity contribution is -0.119. The third-order valence-electron chi connectivity index (χ3n) is 4.17. The van der Waals surface area contributed by atoms with Crippen molar-refractivity contribution in [3.63, 3.8) is 0 Å². The largest absolute Gasteiger partial charge is 0.493 e. The molecule has 5 heteroatoms. The number of carbonyl (C=O) groups excluding carboxylic acids is 1. The van der Waals surface area contributed by atoms with Gasteiger partial charge in [0, 0.05) is 12.0 Å². The van der Waals surface area contributed by atoms with Gasteiger partial charge in [0.25, 0.3) is 0 Å². The number of amides is 1. The van der Waals surface area contributed by atoms with Crippen LogP contribution in [0.15, 0.2) is 12.1 Å². The Kier molecular flexibility index (Phi) is 3.20. The Morgan fingerprint density at radius 3 is 2.90 bits per heavy atom. The van der Waals surface area contributed by atoms with Crippen molar-refractivity contribution in [1.82, 2.24) is 5.32 Å². The number of hydrogen-bond donors (Lipinski definition) is 1. The molecule has 2 aliphatic heterocycles. The number of ether oxygens (including phenoxy) is 3. The summed E-state index contributed by atoms with van der Waals surface area (Å²) in [5.74, 6) is 2.21. The van der Waals surface area contributed by atoms with Crippen LogP contribution in [0.25, 0.3) is 0 Å². The molecule has 0 spiro atoms. The van der Waals surface area contributed by atoms with Crippen LogP contribution in [0.3, 0.4) is 0 Å². The van der Waals surface area contributed by atoms with Crippen molar-refractivity contribution in [3.05, 3.63) is 17.7 Å². The van der Waals surface area contributed by atoms with Gasteiger partial charge in [0.1, 0.15) is 0 Å². The molecule has 1 amide bonds. The van der Waals surface area contributed by atoms with E-state index in [0.717, 1.165) is 30.6 Å². The summed E-state index contributed by atoms with van der Waals surface area (Å²) < 4.78 is 16.2. The second-order valence-electron chi connectivity index (χ2n) is 5.39. The Morgan fingerprint density at radius 1 is 1.40 bits per heavy atom. The zero-order valence-electron chi connectivity index (χ0n) is 11.8. The average Bonchev–Trinajstić information content (AvgIpc) is 3.05. The Morgan fingerprint density at radius 2 is 2.25 bits per heavy atom. The number of hydrogen-bond acceptors (Lipinski definition) is 4. The highest BCUT2D eigenvalue weighted by molar-refractivity contribution is 5.79. The summed E-state index contributed by atoms with van der Waals surface area (Å²) in [6.45, 7) is 2.33. The summed E-state index contributed by atoms with van der Waals surface area (Å²) in [5.41, 5.74) is 0.950. The van der Waals surface area contributed by atoms with Crippen molar-refractivity contribution < 1.29 is 19.0 Å². The molecular weight excluding hydrogens is 258 g/mol. The molecule has 1 aromatic carbocycles. The fourth-order valence-corrected chi connectivity index (χ4v) is 2.97. The van der Waals surface area contributed by atoms with E-state index in [9.17, 15) is 4.79 Å². The molecule has 0 aromatic heterocycles. The molecule has 3 rings (SSSR count). The van der Waals surface area contributed by atoms with Crippen molar-refractivity contribution in [1.29, 1.82) is 0 Å². The minimum Gasteiger partial charge on any atom is -0.493 e. The maximum absolute atomic E-state index is 11.5. The van der Waals surface area contributed by atoms with Gasteiger partial charge in [0.2, 0.25) is 18.4 Å². The number of methoxy groups -OCH3 is 1. The molecule has 0 saturated carbocycles. The quantitative estimate of drug-likeness (QED) is 0.915. The van der Waals surface area contributed by atoms with Crippen LogP contribution in [0, 0.1) is 0 Å². The van der Waals surface area contributed by atoms with Gasteiger partial charge in [0.15, 0.2) is 11.5 Å². The summed E-state index contributed by atoms with van der Waals surface area (Å²) in [4.78, 5) is 11.5. The monoisotopic (exact) mass is 277 g/mol. The van der Waals surface area contributed by atoms with E-state index in [1.807, 2.05) is 12.1 Å². The van der Waals surface area contributed by atoms with Crippen LogP contribution in [0.4, 0.5) is 0 Å². The molecule has 0 aliphatic carbocycles. The van der Waals surface area contributed by atoms with E-state index < -0.39 is 0 Å². The Hall–Kier alpha value is -1.91. The molecule has 2 aliphatic rings. The van der Waals surface area contributed by atoms with Gasteiger partial charge in [-0.05, 0) is 37.0 Å². The normalized spacial score (nSPS) is 23.8. The van der Waals surface area contributed by atoms with Crippen molar-refractivity contribution in [2.75, 3.05) is 13.9 Å². The Bertz CT molecular complexity index is 543. The lowest BCUT2D eigenvalue weighted by Gasteiger charge is -2.28. The maximum atomic E-state index is 11.5. The van der Waals surface area contributed by atoms with Gasteiger partial charge in [-0.25, -0.2) is 0 Å². The van der Waals surface area contributed by atoms with E-state index in [1.54, 1.807) is 7.11 Å². The van der Waals surface area contributed by atoms with E-state index in [0.29, 0.717) is 17.9 Å². The smallest absolute Gasteiger partial charge is 0.231 e. The van der Waals surface area contributed by atoms with Gasteiger partial charge in [0.05, 0.1) is 7.11 Å². The first-order valence-electron chi connectivity index (χ1n) is 6.93. The summed E-state index contributed by atoms with van der Waals surface area (Å²) >= 11 is 0. The summed E-state index contributed by atoms with van der Waals surface area (Å²) in [7, 11) is 1.62. The van der Waals surface area contributed by atoms with Crippen LogP contribution >= 0.6 is 0 Å². The molecule has 108 valence electrons. The lowest BCUT2D eigenvalue weighted by atomic mass is 9.86. The van der Waals surface area contributed by atoms with Gasteiger partial charge < -0.3 is 19.5 Å². The van der Waals surface area contributed by atoms with Gasteiger partial charge >= 0.3 is 0 Å². The Labute approximate surface area is 118 Å². The van der Waals surface area contributed by atoms with Crippen molar-refractivity contribution in [3.8, 4) is 17.2 Å². The van der Waals surface area contributed by atoms with Crippen LogP contribution < -0.4 is 19.5 Å². The third-order valence-corrected chi connectivity index (χ3v) is 4.17. The number of benzene rings is 1. The van der Waals surface area contributed by atoms with Gasteiger partial charge in [-0.3, -0.25) is 4.79 Å². The van der Waals surface area contributed by atoms with Crippen LogP contribution in [0.2, 0.25) is 0 Å². The second kappa shape index (κ2) is 4.89. The molecule has 1 saturated heterocycles. The van der Waals surface area contributed by atoms with Crippen LogP contribution in [-0.4, -0.2) is 25.3 Å². The fourth-order valence-electron chi connectivity index (χ4n) is 2.97. The van der Waals surface area contributed by atoms with E-state index in [-0.39, 0.29) is 18.2 Å². The van der Waals surface area contributed by atoms with E-state index in [2.05, 4.69) is 12.2 Å². The van der Waals surface area contributed by atoms with Crippen LogP contribution in [0.1, 0.15) is 31.7 Å². The third kappa shape index (κ3) is 2.17. The summed E-state index contributed by atoms with van der Waals surface area (Å²) in [6, 6.07) is 3.95. The van der Waals surface area contributed by atoms with Gasteiger partial charge in [-0.15, -0.1) is 0 Å². The molecule has 0 radical (unpaired) electrons. The molecule has 1 aromatic rings. The van der Waals surface area contributed by atoms with Crippen LogP contribution in [0.5, 0.6) is 17.2 Å². The molecule has 0 bridgehead atoms. The highest BCUT2D eigenvalue weighted by atomic mass is 16.7. The van der Waals surface area contributed by atoms with Crippen molar-refractivity contribution in [2.24, 2.45) is 0 Å².